The fourth-order valence-corrected chi connectivity index (χ4v) is 5.25. The number of hydrogen-bond donors (Lipinski definition) is 3. The van der Waals surface area contributed by atoms with Crippen LogP contribution in [-0.4, -0.2) is 49.0 Å². The van der Waals surface area contributed by atoms with Gasteiger partial charge in [-0.25, -0.2) is 4.99 Å². The average molecular weight is 470 g/mol. The van der Waals surface area contributed by atoms with E-state index in [4.69, 9.17) is 26.5 Å². The topological polar surface area (TPSA) is 83.7 Å². The second-order valence-electron chi connectivity index (χ2n) is 9.22. The molecule has 2 aromatic rings. The van der Waals surface area contributed by atoms with Crippen molar-refractivity contribution in [1.82, 2.24) is 9.88 Å². The monoisotopic (exact) mass is 469 g/mol. The van der Waals surface area contributed by atoms with Crippen molar-refractivity contribution in [2.24, 2.45) is 16.8 Å². The largest absolute Gasteiger partial charge is 0.493 e. The summed E-state index contributed by atoms with van der Waals surface area (Å²) in [7, 11) is 0. The third kappa shape index (κ3) is 5.10. The Morgan fingerprint density at radius 1 is 1.21 bits per heavy atom. The van der Waals surface area contributed by atoms with Crippen LogP contribution < -0.4 is 15.4 Å². The molecule has 0 spiro atoms. The van der Waals surface area contributed by atoms with Crippen LogP contribution in [-0.2, 0) is 11.3 Å². The number of fused-ring (bicyclic) bond motifs is 1. The van der Waals surface area contributed by atoms with Crippen LogP contribution in [0.3, 0.4) is 0 Å². The average Bonchev–Trinajstić information content (AvgIpc) is 3.50. The SMILES string of the molecule is N=Cc1cc(C2N=C(Cl)Nc3c2ccn3CC2CCOC2)ccc1OCCC1CCNCC1. The van der Waals surface area contributed by atoms with Gasteiger partial charge >= 0.3 is 0 Å². The molecule has 2 atom stereocenters. The number of rotatable bonds is 8. The second-order valence-corrected chi connectivity index (χ2v) is 9.58. The predicted octanol–water partition coefficient (Wildman–Crippen LogP) is 4.40. The lowest BCUT2D eigenvalue weighted by Gasteiger charge is -2.24. The Balaban J connectivity index is 1.31. The molecule has 3 N–H and O–H groups in total. The van der Waals surface area contributed by atoms with Crippen molar-refractivity contribution in [3.63, 3.8) is 0 Å². The quantitative estimate of drug-likeness (QED) is 0.395. The highest BCUT2D eigenvalue weighted by Gasteiger charge is 2.27. The molecule has 0 amide bonds. The van der Waals surface area contributed by atoms with Gasteiger partial charge in [-0.3, -0.25) is 0 Å². The molecule has 2 fully saturated rings. The Morgan fingerprint density at radius 3 is 2.88 bits per heavy atom. The van der Waals surface area contributed by atoms with E-state index < -0.39 is 0 Å². The lowest BCUT2D eigenvalue weighted by molar-refractivity contribution is 0.182. The summed E-state index contributed by atoms with van der Waals surface area (Å²) in [6, 6.07) is 7.92. The molecule has 0 saturated carbocycles. The Kier molecular flexibility index (Phi) is 6.99. The molecule has 0 aliphatic carbocycles. The maximum absolute atomic E-state index is 7.94. The predicted molar refractivity (Wildman–Crippen MR) is 132 cm³/mol. The van der Waals surface area contributed by atoms with Crippen molar-refractivity contribution >= 4 is 28.9 Å². The van der Waals surface area contributed by atoms with Crippen LogP contribution in [0.5, 0.6) is 5.75 Å². The van der Waals surface area contributed by atoms with Crippen LogP contribution in [0.1, 0.15) is 48.4 Å². The van der Waals surface area contributed by atoms with Gasteiger partial charge in [0, 0.05) is 42.6 Å². The zero-order chi connectivity index (χ0) is 22.6. The molecule has 1 aromatic carbocycles. The van der Waals surface area contributed by atoms with Crippen molar-refractivity contribution < 1.29 is 9.47 Å². The highest BCUT2D eigenvalue weighted by Crippen LogP contribution is 2.38. The van der Waals surface area contributed by atoms with Crippen molar-refractivity contribution in [2.75, 3.05) is 38.2 Å². The number of nitrogens with zero attached hydrogens (tertiary/aromatic N) is 2. The molecule has 33 heavy (non-hydrogen) atoms. The van der Waals surface area contributed by atoms with Gasteiger partial charge in [0.25, 0.3) is 0 Å². The molecule has 4 heterocycles. The summed E-state index contributed by atoms with van der Waals surface area (Å²) >= 11 is 6.41. The maximum atomic E-state index is 7.94. The second kappa shape index (κ2) is 10.3. The normalized spacial score (nSPS) is 23.0. The first-order chi connectivity index (χ1) is 16.2. The van der Waals surface area contributed by atoms with Gasteiger partial charge in [-0.05, 0) is 80.1 Å². The number of amidine groups is 1. The molecule has 1 aromatic heterocycles. The Labute approximate surface area is 200 Å². The van der Waals surface area contributed by atoms with E-state index >= 15 is 0 Å². The van der Waals surface area contributed by atoms with Crippen LogP contribution in [0.2, 0.25) is 0 Å². The minimum Gasteiger partial charge on any atom is -0.493 e. The lowest BCUT2D eigenvalue weighted by atomic mass is 9.95. The number of hydrogen-bond acceptors (Lipinski definition) is 6. The van der Waals surface area contributed by atoms with E-state index in [-0.39, 0.29) is 6.04 Å². The van der Waals surface area contributed by atoms with E-state index in [1.54, 1.807) is 0 Å². The number of halogens is 1. The Bertz CT molecular complexity index is 1010. The zero-order valence-electron chi connectivity index (χ0n) is 18.9. The van der Waals surface area contributed by atoms with Crippen LogP contribution in [0, 0.1) is 17.2 Å². The molecule has 7 nitrogen and oxygen atoms in total. The summed E-state index contributed by atoms with van der Waals surface area (Å²) in [4.78, 5) is 4.68. The third-order valence-electron chi connectivity index (χ3n) is 6.98. The highest BCUT2D eigenvalue weighted by atomic mass is 35.5. The fourth-order valence-electron chi connectivity index (χ4n) is 5.07. The van der Waals surface area contributed by atoms with E-state index in [0.717, 1.165) is 79.9 Å². The molecule has 0 bridgehead atoms. The summed E-state index contributed by atoms with van der Waals surface area (Å²) in [5.41, 5.74) is 2.86. The van der Waals surface area contributed by atoms with Gasteiger partial charge in [0.15, 0.2) is 5.29 Å². The van der Waals surface area contributed by atoms with E-state index in [1.165, 1.54) is 19.1 Å². The van der Waals surface area contributed by atoms with E-state index in [1.807, 2.05) is 18.2 Å². The first-order valence-electron chi connectivity index (χ1n) is 12.0. The number of nitrogens with one attached hydrogen (secondary N) is 3. The first kappa shape index (κ1) is 22.4. The van der Waals surface area contributed by atoms with Gasteiger partial charge in [-0.15, -0.1) is 0 Å². The van der Waals surface area contributed by atoms with E-state index in [9.17, 15) is 0 Å². The van der Waals surface area contributed by atoms with Gasteiger partial charge < -0.3 is 30.1 Å². The molecule has 3 aliphatic rings. The maximum Gasteiger partial charge on any atom is 0.197 e. The molecule has 0 radical (unpaired) electrons. The number of ether oxygens (including phenoxy) is 2. The van der Waals surface area contributed by atoms with Crippen molar-refractivity contribution in [1.29, 1.82) is 5.41 Å². The Morgan fingerprint density at radius 2 is 2.09 bits per heavy atom. The summed E-state index contributed by atoms with van der Waals surface area (Å²) in [6.07, 6.45) is 8.03. The van der Waals surface area contributed by atoms with Gasteiger partial charge in [-0.1, -0.05) is 6.07 Å². The molecule has 176 valence electrons. The molecule has 3 aliphatic heterocycles. The number of aliphatic imine (C=N–C) groups is 1. The van der Waals surface area contributed by atoms with Crippen LogP contribution in [0.25, 0.3) is 0 Å². The smallest absolute Gasteiger partial charge is 0.197 e. The highest BCUT2D eigenvalue weighted by molar-refractivity contribution is 6.67. The van der Waals surface area contributed by atoms with Gasteiger partial charge in [0.1, 0.15) is 17.6 Å². The van der Waals surface area contributed by atoms with Crippen molar-refractivity contribution in [3.8, 4) is 5.75 Å². The van der Waals surface area contributed by atoms with Crippen molar-refractivity contribution in [3.05, 3.63) is 47.2 Å². The fraction of sp³-hybridized carbons (Fsp3) is 0.520. The zero-order valence-corrected chi connectivity index (χ0v) is 19.6. The van der Waals surface area contributed by atoms with E-state index in [2.05, 4.69) is 32.5 Å². The number of anilines is 1. The summed E-state index contributed by atoms with van der Waals surface area (Å²) in [6.45, 7) is 5.42. The van der Waals surface area contributed by atoms with Crippen LogP contribution >= 0.6 is 11.6 Å². The van der Waals surface area contributed by atoms with Crippen LogP contribution in [0.15, 0.2) is 35.5 Å². The lowest BCUT2D eigenvalue weighted by Crippen LogP contribution is -2.28. The molecule has 5 rings (SSSR count). The number of benzene rings is 1. The Hall–Kier alpha value is -2.35. The molecule has 2 saturated heterocycles. The third-order valence-corrected chi connectivity index (χ3v) is 7.17. The summed E-state index contributed by atoms with van der Waals surface area (Å²) in [5, 5.41) is 15.0. The molecular formula is C25H32ClN5O2. The number of piperidine rings is 1. The molecular weight excluding hydrogens is 438 g/mol. The summed E-state index contributed by atoms with van der Waals surface area (Å²) in [5.74, 6) is 2.99. The minimum absolute atomic E-state index is 0.211. The molecule has 2 unspecified atom stereocenters. The van der Waals surface area contributed by atoms with Crippen LogP contribution in [0.4, 0.5) is 5.82 Å². The summed E-state index contributed by atoms with van der Waals surface area (Å²) < 4.78 is 13.8. The van der Waals surface area contributed by atoms with Gasteiger partial charge in [0.05, 0.1) is 13.2 Å². The van der Waals surface area contributed by atoms with E-state index in [0.29, 0.717) is 17.8 Å². The van der Waals surface area contributed by atoms with Crippen molar-refractivity contribution in [2.45, 2.75) is 38.3 Å². The standard InChI is InChI=1S/C25H32ClN5O2/c26-25-29-23(21-5-10-31(24(21)30-25)15-18-6-11-32-16-18)19-1-2-22(20(13-19)14-27)33-12-7-17-3-8-28-9-4-17/h1-2,5,10,13-14,17-18,23,27-28H,3-4,6-9,11-12,15-16H2,(H,29,30). The van der Waals surface area contributed by atoms with Gasteiger partial charge in [0.2, 0.25) is 0 Å². The van der Waals surface area contributed by atoms with Gasteiger partial charge in [-0.2, -0.15) is 0 Å². The minimum atomic E-state index is -0.211. The first-order valence-corrected chi connectivity index (χ1v) is 12.3. The molecule has 8 heteroatoms. The number of aromatic nitrogens is 1.